The number of hydrogen-bond donors (Lipinski definition) is 1. The van der Waals surface area contributed by atoms with Gasteiger partial charge in [0, 0.05) is 0 Å². The van der Waals surface area contributed by atoms with Gasteiger partial charge in [-0.05, 0) is 30.7 Å². The molecule has 4 aromatic rings. The summed E-state index contributed by atoms with van der Waals surface area (Å²) < 4.78 is 7.44. The number of ether oxygens (including phenoxy) is 1. The van der Waals surface area contributed by atoms with Gasteiger partial charge in [0.2, 0.25) is 0 Å². The van der Waals surface area contributed by atoms with Crippen LogP contribution >= 0.6 is 11.6 Å². The van der Waals surface area contributed by atoms with Gasteiger partial charge in [-0.2, -0.15) is 0 Å². The Morgan fingerprint density at radius 2 is 1.96 bits per heavy atom. The monoisotopic (exact) mass is 338 g/mol. The SMILES string of the molecule is COc1cccc2ncc3c(Nc4c(C)cccc4Cl)ncn3c12. The molecule has 0 saturated heterocycles. The van der Waals surface area contributed by atoms with Crippen LogP contribution < -0.4 is 10.1 Å². The summed E-state index contributed by atoms with van der Waals surface area (Å²) in [6.45, 7) is 2.00. The lowest BCUT2D eigenvalue weighted by atomic mass is 10.2. The van der Waals surface area contributed by atoms with E-state index in [0.29, 0.717) is 10.8 Å². The Balaban J connectivity index is 1.91. The number of nitrogens with one attached hydrogen (secondary N) is 1. The zero-order chi connectivity index (χ0) is 16.7. The molecule has 0 bridgehead atoms. The van der Waals surface area contributed by atoms with Crippen LogP contribution in [0.3, 0.4) is 0 Å². The second kappa shape index (κ2) is 5.69. The van der Waals surface area contributed by atoms with Crippen molar-refractivity contribution < 1.29 is 4.74 Å². The first-order valence-electron chi connectivity index (χ1n) is 7.50. The van der Waals surface area contributed by atoms with Crippen molar-refractivity contribution in [2.75, 3.05) is 12.4 Å². The number of fused-ring (bicyclic) bond motifs is 3. The highest BCUT2D eigenvalue weighted by Gasteiger charge is 2.13. The molecule has 2 heterocycles. The van der Waals surface area contributed by atoms with E-state index in [9.17, 15) is 0 Å². The van der Waals surface area contributed by atoms with Gasteiger partial charge in [-0.3, -0.25) is 9.38 Å². The van der Waals surface area contributed by atoms with Crippen LogP contribution in [0.5, 0.6) is 5.75 Å². The summed E-state index contributed by atoms with van der Waals surface area (Å²) in [4.78, 5) is 9.02. The number of halogens is 1. The third-order valence-electron chi connectivity index (χ3n) is 4.03. The molecule has 1 N–H and O–H groups in total. The molecule has 0 aliphatic heterocycles. The summed E-state index contributed by atoms with van der Waals surface area (Å²) in [6.07, 6.45) is 3.56. The van der Waals surface area contributed by atoms with E-state index < -0.39 is 0 Å². The maximum Gasteiger partial charge on any atom is 0.158 e. The molecule has 0 atom stereocenters. The highest BCUT2D eigenvalue weighted by atomic mass is 35.5. The van der Waals surface area contributed by atoms with E-state index in [2.05, 4.69) is 15.3 Å². The van der Waals surface area contributed by atoms with E-state index in [1.165, 1.54) is 0 Å². The lowest BCUT2D eigenvalue weighted by molar-refractivity contribution is 0.418. The normalized spacial score (nSPS) is 11.1. The van der Waals surface area contributed by atoms with Gasteiger partial charge in [-0.15, -0.1) is 0 Å². The minimum absolute atomic E-state index is 0.655. The average Bonchev–Trinajstić information content (AvgIpc) is 3.00. The fourth-order valence-corrected chi connectivity index (χ4v) is 3.09. The lowest BCUT2D eigenvalue weighted by Crippen LogP contribution is -1.97. The number of anilines is 2. The van der Waals surface area contributed by atoms with Crippen LogP contribution in [0.2, 0.25) is 5.02 Å². The number of nitrogens with zero attached hydrogens (tertiary/aromatic N) is 3. The summed E-state index contributed by atoms with van der Waals surface area (Å²) in [5.74, 6) is 1.45. The first kappa shape index (κ1) is 14.8. The van der Waals surface area contributed by atoms with Crippen molar-refractivity contribution in [3.05, 3.63) is 59.5 Å². The summed E-state index contributed by atoms with van der Waals surface area (Å²) >= 11 is 6.31. The fraction of sp³-hybridized carbons (Fsp3) is 0.111. The Morgan fingerprint density at radius 1 is 1.12 bits per heavy atom. The van der Waals surface area contributed by atoms with E-state index >= 15 is 0 Å². The zero-order valence-corrected chi connectivity index (χ0v) is 14.0. The summed E-state index contributed by atoms with van der Waals surface area (Å²) in [5, 5.41) is 3.98. The second-order valence-electron chi connectivity index (χ2n) is 5.49. The van der Waals surface area contributed by atoms with Crippen molar-refractivity contribution in [1.29, 1.82) is 0 Å². The lowest BCUT2D eigenvalue weighted by Gasteiger charge is -2.10. The molecule has 0 aliphatic rings. The van der Waals surface area contributed by atoms with Gasteiger partial charge in [0.15, 0.2) is 5.82 Å². The average molecular weight is 339 g/mol. The van der Waals surface area contributed by atoms with Crippen LogP contribution in [0.4, 0.5) is 11.5 Å². The fourth-order valence-electron chi connectivity index (χ4n) is 2.82. The smallest absolute Gasteiger partial charge is 0.158 e. The van der Waals surface area contributed by atoms with Crippen LogP contribution in [-0.4, -0.2) is 21.5 Å². The van der Waals surface area contributed by atoms with Crippen molar-refractivity contribution in [2.24, 2.45) is 0 Å². The molecule has 120 valence electrons. The number of aryl methyl sites for hydroxylation is 1. The third kappa shape index (κ3) is 2.25. The molecule has 0 aliphatic carbocycles. The Bertz CT molecular complexity index is 1040. The Morgan fingerprint density at radius 3 is 2.75 bits per heavy atom. The number of rotatable bonds is 3. The molecule has 4 rings (SSSR count). The quantitative estimate of drug-likeness (QED) is 0.593. The Kier molecular flexibility index (Phi) is 3.50. The molecule has 0 fully saturated rings. The van der Waals surface area contributed by atoms with E-state index in [-0.39, 0.29) is 0 Å². The van der Waals surface area contributed by atoms with Crippen molar-refractivity contribution >= 4 is 39.7 Å². The van der Waals surface area contributed by atoms with Gasteiger partial charge >= 0.3 is 0 Å². The molecule has 0 radical (unpaired) electrons. The molecule has 0 saturated carbocycles. The van der Waals surface area contributed by atoms with Crippen LogP contribution in [0.25, 0.3) is 16.6 Å². The first-order chi connectivity index (χ1) is 11.7. The van der Waals surface area contributed by atoms with Crippen LogP contribution in [0.1, 0.15) is 5.56 Å². The summed E-state index contributed by atoms with van der Waals surface area (Å²) in [7, 11) is 1.65. The van der Waals surface area contributed by atoms with Crippen molar-refractivity contribution in [3.8, 4) is 5.75 Å². The molecule has 24 heavy (non-hydrogen) atoms. The molecule has 2 aromatic carbocycles. The van der Waals surface area contributed by atoms with E-state index in [1.54, 1.807) is 19.6 Å². The number of hydrogen-bond acceptors (Lipinski definition) is 4. The highest BCUT2D eigenvalue weighted by molar-refractivity contribution is 6.33. The highest BCUT2D eigenvalue weighted by Crippen LogP contribution is 2.32. The second-order valence-corrected chi connectivity index (χ2v) is 5.90. The summed E-state index contributed by atoms with van der Waals surface area (Å²) in [6, 6.07) is 11.6. The summed E-state index contributed by atoms with van der Waals surface area (Å²) in [5.41, 5.74) is 4.48. The van der Waals surface area contributed by atoms with Crippen molar-refractivity contribution in [2.45, 2.75) is 6.92 Å². The van der Waals surface area contributed by atoms with E-state index in [1.807, 2.05) is 47.7 Å². The number of methoxy groups -OCH3 is 1. The minimum Gasteiger partial charge on any atom is -0.494 e. The molecule has 0 amide bonds. The Labute approximate surface area is 143 Å². The number of aromatic nitrogens is 3. The molecule has 0 spiro atoms. The van der Waals surface area contributed by atoms with Gasteiger partial charge in [0.05, 0.1) is 29.5 Å². The molecule has 5 nitrogen and oxygen atoms in total. The van der Waals surface area contributed by atoms with Crippen LogP contribution in [-0.2, 0) is 0 Å². The molecule has 2 aromatic heterocycles. The number of imidazole rings is 1. The Hall–Kier alpha value is -2.79. The van der Waals surface area contributed by atoms with Crippen LogP contribution in [0.15, 0.2) is 48.9 Å². The predicted molar refractivity (Wildman–Crippen MR) is 96.5 cm³/mol. The zero-order valence-electron chi connectivity index (χ0n) is 13.2. The van der Waals surface area contributed by atoms with E-state index in [0.717, 1.165) is 33.6 Å². The third-order valence-corrected chi connectivity index (χ3v) is 4.35. The first-order valence-corrected chi connectivity index (χ1v) is 7.88. The molecular weight excluding hydrogens is 324 g/mol. The molecular formula is C18H15ClN4O. The molecule has 0 unspecified atom stereocenters. The number of benzene rings is 2. The van der Waals surface area contributed by atoms with Gasteiger partial charge in [-0.25, -0.2) is 4.98 Å². The predicted octanol–water partition coefficient (Wildman–Crippen LogP) is 4.60. The maximum absolute atomic E-state index is 6.31. The van der Waals surface area contributed by atoms with Crippen molar-refractivity contribution in [3.63, 3.8) is 0 Å². The van der Waals surface area contributed by atoms with Crippen LogP contribution in [0, 0.1) is 6.92 Å². The van der Waals surface area contributed by atoms with Gasteiger partial charge in [-0.1, -0.05) is 29.8 Å². The maximum atomic E-state index is 6.31. The molecule has 6 heteroatoms. The number of para-hydroxylation sites is 2. The standard InChI is InChI=1S/C18H15ClN4O/c1-11-5-3-6-12(19)16(11)22-18-14-9-20-13-7-4-8-15(24-2)17(13)23(14)10-21-18/h3-10,22H,1-2H3. The van der Waals surface area contributed by atoms with Crippen molar-refractivity contribution in [1.82, 2.24) is 14.4 Å². The topological polar surface area (TPSA) is 51.5 Å². The van der Waals surface area contributed by atoms with E-state index in [4.69, 9.17) is 16.3 Å². The van der Waals surface area contributed by atoms with Gasteiger partial charge < -0.3 is 10.1 Å². The minimum atomic E-state index is 0.655. The van der Waals surface area contributed by atoms with Gasteiger partial charge in [0.25, 0.3) is 0 Å². The largest absolute Gasteiger partial charge is 0.494 e. The van der Waals surface area contributed by atoms with Gasteiger partial charge in [0.1, 0.15) is 23.1 Å².